The van der Waals surface area contributed by atoms with Crippen molar-refractivity contribution in [2.24, 2.45) is 0 Å². The first-order chi connectivity index (χ1) is 9.96. The lowest BCUT2D eigenvalue weighted by Crippen LogP contribution is -2.09. The topological polar surface area (TPSA) is 61.8 Å². The summed E-state index contributed by atoms with van der Waals surface area (Å²) in [5.41, 5.74) is 0.594. The maximum absolute atomic E-state index is 12.3. The van der Waals surface area contributed by atoms with Crippen molar-refractivity contribution in [2.45, 2.75) is 26.4 Å². The van der Waals surface area contributed by atoms with Crippen molar-refractivity contribution >= 4 is 11.9 Å². The molecule has 0 amide bonds. The van der Waals surface area contributed by atoms with Gasteiger partial charge >= 0.3 is 18.6 Å². The largest absolute Gasteiger partial charge is 0.469 e. The summed E-state index contributed by atoms with van der Waals surface area (Å²) >= 11 is 0. The summed E-state index contributed by atoms with van der Waals surface area (Å²) in [5.74, 6) is -1.24. The Kier molecular flexibility index (Phi) is 6.58. The molecule has 0 aliphatic rings. The molecule has 7 heteroatoms. The monoisotopic (exact) mass is 302 g/mol. The van der Waals surface area contributed by atoms with Crippen molar-refractivity contribution in [1.82, 2.24) is 0 Å². The van der Waals surface area contributed by atoms with Crippen LogP contribution < -0.4 is 4.74 Å². The molecule has 0 fully saturated rings. The van der Waals surface area contributed by atoms with Gasteiger partial charge in [-0.3, -0.25) is 4.79 Å². The van der Waals surface area contributed by atoms with E-state index in [9.17, 15) is 18.4 Å². The predicted molar refractivity (Wildman–Crippen MR) is 69.4 cm³/mol. The van der Waals surface area contributed by atoms with Crippen LogP contribution in [0.1, 0.15) is 29.3 Å². The zero-order chi connectivity index (χ0) is 15.8. The number of benzene rings is 1. The normalized spacial score (nSPS) is 10.3. The quantitative estimate of drug-likeness (QED) is 0.724. The highest BCUT2D eigenvalue weighted by Gasteiger charge is 2.13. The number of aryl methyl sites for hydroxylation is 1. The number of carbonyl (C=O) groups excluding carboxylic acids is 2. The Morgan fingerprint density at radius 3 is 2.52 bits per heavy atom. The lowest BCUT2D eigenvalue weighted by Gasteiger charge is -2.10. The molecule has 21 heavy (non-hydrogen) atoms. The van der Waals surface area contributed by atoms with E-state index in [1.807, 2.05) is 0 Å². The molecule has 0 N–H and O–H groups in total. The van der Waals surface area contributed by atoms with E-state index in [0.717, 1.165) is 0 Å². The van der Waals surface area contributed by atoms with Crippen LogP contribution in [0, 0.1) is 0 Å². The first-order valence-electron chi connectivity index (χ1n) is 6.29. The van der Waals surface area contributed by atoms with E-state index < -0.39 is 18.6 Å². The average molecular weight is 302 g/mol. The summed E-state index contributed by atoms with van der Waals surface area (Å²) in [6.45, 7) is -1.21. The number of hydrogen-bond acceptors (Lipinski definition) is 5. The first kappa shape index (κ1) is 16.9. The van der Waals surface area contributed by atoms with Crippen molar-refractivity contribution < 1.29 is 32.6 Å². The van der Waals surface area contributed by atoms with Crippen molar-refractivity contribution in [1.29, 1.82) is 0 Å². The van der Waals surface area contributed by atoms with Gasteiger partial charge in [-0.25, -0.2) is 4.79 Å². The molecular formula is C14H16F2O5. The fourth-order valence-corrected chi connectivity index (χ4v) is 1.66. The Balaban J connectivity index is 2.96. The zero-order valence-electron chi connectivity index (χ0n) is 11.7. The second kappa shape index (κ2) is 8.18. The van der Waals surface area contributed by atoms with Gasteiger partial charge in [0.15, 0.2) is 0 Å². The van der Waals surface area contributed by atoms with Crippen LogP contribution in [0.2, 0.25) is 0 Å². The van der Waals surface area contributed by atoms with E-state index in [2.05, 4.69) is 9.47 Å². The van der Waals surface area contributed by atoms with Gasteiger partial charge in [0.25, 0.3) is 0 Å². The lowest BCUT2D eigenvalue weighted by atomic mass is 10.1. The SMILES string of the molecule is CCOC(=O)c1cc(CCC(=O)OC)cc(OC(F)F)c1. The molecule has 0 saturated heterocycles. The summed E-state index contributed by atoms with van der Waals surface area (Å²) < 4.78 is 38.2. The highest BCUT2D eigenvalue weighted by molar-refractivity contribution is 5.90. The summed E-state index contributed by atoms with van der Waals surface area (Å²) in [7, 11) is 1.25. The third-order valence-corrected chi connectivity index (χ3v) is 2.55. The number of halogens is 2. The second-order valence-electron chi connectivity index (χ2n) is 4.04. The van der Waals surface area contributed by atoms with E-state index in [0.29, 0.717) is 5.56 Å². The van der Waals surface area contributed by atoms with Gasteiger partial charge in [0.1, 0.15) is 5.75 Å². The Hall–Kier alpha value is -2.18. The van der Waals surface area contributed by atoms with E-state index in [1.54, 1.807) is 6.92 Å². The first-order valence-corrected chi connectivity index (χ1v) is 6.29. The molecule has 0 saturated carbocycles. The van der Waals surface area contributed by atoms with Crippen molar-refractivity contribution in [3.63, 3.8) is 0 Å². The Morgan fingerprint density at radius 2 is 1.95 bits per heavy atom. The molecule has 0 unspecified atom stereocenters. The van der Waals surface area contributed by atoms with Gasteiger partial charge in [-0.2, -0.15) is 8.78 Å². The van der Waals surface area contributed by atoms with E-state index in [1.165, 1.54) is 25.3 Å². The third-order valence-electron chi connectivity index (χ3n) is 2.55. The lowest BCUT2D eigenvalue weighted by molar-refractivity contribution is -0.140. The van der Waals surface area contributed by atoms with E-state index >= 15 is 0 Å². The molecule has 116 valence electrons. The molecule has 0 radical (unpaired) electrons. The summed E-state index contributed by atoms with van der Waals surface area (Å²) in [4.78, 5) is 22.8. The number of esters is 2. The van der Waals surface area contributed by atoms with Crippen LogP contribution in [0.5, 0.6) is 5.75 Å². The highest BCUT2D eigenvalue weighted by atomic mass is 19.3. The summed E-state index contributed by atoms with van der Waals surface area (Å²) in [6.07, 6.45) is 0.302. The van der Waals surface area contributed by atoms with Crippen molar-refractivity contribution in [3.05, 3.63) is 29.3 Å². The van der Waals surface area contributed by atoms with Crippen LogP contribution >= 0.6 is 0 Å². The molecule has 0 spiro atoms. The molecule has 0 atom stereocenters. The average Bonchev–Trinajstić information content (AvgIpc) is 2.44. The minimum Gasteiger partial charge on any atom is -0.469 e. The summed E-state index contributed by atoms with van der Waals surface area (Å²) in [6, 6.07) is 3.99. The van der Waals surface area contributed by atoms with Crippen molar-refractivity contribution in [3.8, 4) is 5.75 Å². The minimum atomic E-state index is -3.00. The van der Waals surface area contributed by atoms with Gasteiger partial charge in [-0.1, -0.05) is 0 Å². The van der Waals surface area contributed by atoms with Gasteiger partial charge < -0.3 is 14.2 Å². The maximum atomic E-state index is 12.3. The summed E-state index contributed by atoms with van der Waals surface area (Å²) in [5, 5.41) is 0. The molecular weight excluding hydrogens is 286 g/mol. The number of carbonyl (C=O) groups is 2. The molecule has 0 aliphatic heterocycles. The molecule has 1 aromatic carbocycles. The van der Waals surface area contributed by atoms with Crippen LogP contribution in [0.25, 0.3) is 0 Å². The van der Waals surface area contributed by atoms with Crippen LogP contribution in [0.15, 0.2) is 18.2 Å². The highest BCUT2D eigenvalue weighted by Crippen LogP contribution is 2.21. The van der Waals surface area contributed by atoms with Gasteiger partial charge in [-0.05, 0) is 37.1 Å². The Bertz CT molecular complexity index is 502. The van der Waals surface area contributed by atoms with E-state index in [4.69, 9.17) is 4.74 Å². The van der Waals surface area contributed by atoms with Gasteiger partial charge in [0.05, 0.1) is 19.3 Å². The van der Waals surface area contributed by atoms with Gasteiger partial charge in [0, 0.05) is 6.42 Å². The molecule has 0 bridgehead atoms. The maximum Gasteiger partial charge on any atom is 0.387 e. The zero-order valence-corrected chi connectivity index (χ0v) is 11.7. The molecule has 0 aliphatic carbocycles. The fraction of sp³-hybridized carbons (Fsp3) is 0.429. The third kappa shape index (κ3) is 5.76. The number of methoxy groups -OCH3 is 1. The molecule has 1 rings (SSSR count). The molecule has 5 nitrogen and oxygen atoms in total. The fourth-order valence-electron chi connectivity index (χ4n) is 1.66. The van der Waals surface area contributed by atoms with Crippen LogP contribution in [-0.2, 0) is 20.7 Å². The Morgan fingerprint density at radius 1 is 1.24 bits per heavy atom. The standard InChI is InChI=1S/C14H16F2O5/c1-3-20-13(18)10-6-9(4-5-12(17)19-2)7-11(8-10)21-14(15)16/h6-8,14H,3-5H2,1-2H3. The smallest absolute Gasteiger partial charge is 0.387 e. The van der Waals surface area contributed by atoms with Crippen molar-refractivity contribution in [2.75, 3.05) is 13.7 Å². The second-order valence-corrected chi connectivity index (χ2v) is 4.04. The molecule has 0 heterocycles. The number of hydrogen-bond donors (Lipinski definition) is 0. The van der Waals surface area contributed by atoms with Gasteiger partial charge in [0.2, 0.25) is 0 Å². The van der Waals surface area contributed by atoms with Crippen LogP contribution in [0.4, 0.5) is 8.78 Å². The molecule has 1 aromatic rings. The minimum absolute atomic E-state index is 0.0664. The number of rotatable bonds is 7. The molecule has 0 aromatic heterocycles. The van der Waals surface area contributed by atoms with E-state index in [-0.39, 0.29) is 30.8 Å². The predicted octanol–water partition coefficient (Wildman–Crippen LogP) is 2.57. The van der Waals surface area contributed by atoms with Gasteiger partial charge in [-0.15, -0.1) is 0 Å². The Labute approximate surface area is 120 Å². The van der Waals surface area contributed by atoms with Crippen LogP contribution in [0.3, 0.4) is 0 Å². The number of alkyl halides is 2. The number of ether oxygens (including phenoxy) is 3. The van der Waals surface area contributed by atoms with Crippen LogP contribution in [-0.4, -0.2) is 32.3 Å².